The number of aromatic nitrogens is 1. The first-order chi connectivity index (χ1) is 18.3. The molecule has 3 heterocycles. The Hall–Kier alpha value is -2.97. The molecule has 1 amide bonds. The number of aromatic carboxylic acids is 1. The summed E-state index contributed by atoms with van der Waals surface area (Å²) in [4.78, 5) is 37.6. The molecule has 1 aromatic carbocycles. The number of nitrogens with zero attached hydrogens (tertiary/aromatic N) is 5. The molecule has 0 radical (unpaired) electrons. The summed E-state index contributed by atoms with van der Waals surface area (Å²) in [6.07, 6.45) is 3.70. The summed E-state index contributed by atoms with van der Waals surface area (Å²) in [5, 5.41) is 9.55. The van der Waals surface area contributed by atoms with E-state index in [4.69, 9.17) is 0 Å². The van der Waals surface area contributed by atoms with Crippen LogP contribution in [0.1, 0.15) is 62.0 Å². The maximum absolute atomic E-state index is 12.4. The number of likely N-dealkylation sites (N-methyl/N-ethyl adjacent to an activating group) is 2. The fourth-order valence-corrected chi connectivity index (χ4v) is 5.87. The molecule has 0 bridgehead atoms. The normalized spacial score (nSPS) is 19.8. The zero-order valence-electron chi connectivity index (χ0n) is 23.3. The fraction of sp³-hybridized carbons (Fsp3) is 0.567. The second-order valence-electron chi connectivity index (χ2n) is 10.9. The molecule has 0 saturated carbocycles. The summed E-state index contributed by atoms with van der Waals surface area (Å²) in [6, 6.07) is 13.1. The topological polar surface area (TPSA) is 80.2 Å². The van der Waals surface area contributed by atoms with Gasteiger partial charge in [0, 0.05) is 63.5 Å². The standard InChI is InChI=1S/C30H43N5O3/c1-5-32(25-13-16-34(20-25)28-27(30(37)38)8-7-15-31-28)18-23-9-11-24(12-10-23)19-33(6-2)26-14-17-35(21-26)29(36)22(3)4/h7-12,15,22,25-26H,5-6,13-14,16-21H2,1-4H3,(H,37,38)/t25-,26-/m1/s1. The molecule has 0 unspecified atom stereocenters. The zero-order chi connectivity index (χ0) is 27.2. The maximum atomic E-state index is 12.4. The maximum Gasteiger partial charge on any atom is 0.339 e. The van der Waals surface area contributed by atoms with Gasteiger partial charge in [0.1, 0.15) is 11.4 Å². The van der Waals surface area contributed by atoms with E-state index in [2.05, 4.69) is 57.8 Å². The molecule has 8 heteroatoms. The van der Waals surface area contributed by atoms with Crippen LogP contribution >= 0.6 is 0 Å². The smallest absolute Gasteiger partial charge is 0.339 e. The lowest BCUT2D eigenvalue weighted by Crippen LogP contribution is -2.39. The second-order valence-corrected chi connectivity index (χ2v) is 10.9. The molecule has 2 aliphatic heterocycles. The first kappa shape index (κ1) is 28.0. The van der Waals surface area contributed by atoms with Gasteiger partial charge in [-0.1, -0.05) is 52.0 Å². The van der Waals surface area contributed by atoms with Gasteiger partial charge in [-0.15, -0.1) is 0 Å². The van der Waals surface area contributed by atoms with Gasteiger partial charge in [0.05, 0.1) is 0 Å². The first-order valence-corrected chi connectivity index (χ1v) is 14.1. The number of anilines is 1. The molecule has 2 atom stereocenters. The molecule has 4 rings (SSSR count). The Morgan fingerprint density at radius 3 is 2.08 bits per heavy atom. The number of likely N-dealkylation sites (tertiary alicyclic amines) is 1. The lowest BCUT2D eigenvalue weighted by atomic mass is 10.1. The minimum absolute atomic E-state index is 0.0589. The van der Waals surface area contributed by atoms with Gasteiger partial charge in [0.25, 0.3) is 0 Å². The second kappa shape index (κ2) is 12.7. The van der Waals surface area contributed by atoms with Gasteiger partial charge in [0.2, 0.25) is 5.91 Å². The minimum Gasteiger partial charge on any atom is -0.478 e. The van der Waals surface area contributed by atoms with Gasteiger partial charge in [0.15, 0.2) is 0 Å². The Kier molecular flexibility index (Phi) is 9.39. The highest BCUT2D eigenvalue weighted by Gasteiger charge is 2.31. The van der Waals surface area contributed by atoms with E-state index in [1.165, 1.54) is 11.1 Å². The van der Waals surface area contributed by atoms with Crippen LogP contribution in [0.5, 0.6) is 0 Å². The number of benzene rings is 1. The van der Waals surface area contributed by atoms with Crippen molar-refractivity contribution in [2.24, 2.45) is 5.92 Å². The average molecular weight is 522 g/mol. The molecule has 2 fully saturated rings. The summed E-state index contributed by atoms with van der Waals surface area (Å²) in [6.45, 7) is 15.3. The predicted molar refractivity (Wildman–Crippen MR) is 150 cm³/mol. The molecule has 2 aromatic rings. The zero-order valence-corrected chi connectivity index (χ0v) is 23.3. The molecule has 38 heavy (non-hydrogen) atoms. The highest BCUT2D eigenvalue weighted by Crippen LogP contribution is 2.26. The monoisotopic (exact) mass is 521 g/mol. The molecular weight excluding hydrogens is 478 g/mol. The Morgan fingerprint density at radius 1 is 0.947 bits per heavy atom. The largest absolute Gasteiger partial charge is 0.478 e. The van der Waals surface area contributed by atoms with Crippen molar-refractivity contribution < 1.29 is 14.7 Å². The summed E-state index contributed by atoms with van der Waals surface area (Å²) in [5.74, 6) is -0.0352. The predicted octanol–water partition coefficient (Wildman–Crippen LogP) is 3.96. The highest BCUT2D eigenvalue weighted by atomic mass is 16.4. The molecule has 8 nitrogen and oxygen atoms in total. The van der Waals surface area contributed by atoms with Crippen LogP contribution in [0, 0.1) is 5.92 Å². The average Bonchev–Trinajstić information content (AvgIpc) is 3.61. The molecule has 2 saturated heterocycles. The Bertz CT molecular complexity index is 1090. The third-order valence-electron chi connectivity index (χ3n) is 8.09. The van der Waals surface area contributed by atoms with Gasteiger partial charge in [-0.2, -0.15) is 0 Å². The molecular formula is C30H43N5O3. The van der Waals surface area contributed by atoms with E-state index in [1.807, 2.05) is 18.7 Å². The number of hydrogen-bond acceptors (Lipinski definition) is 6. The van der Waals surface area contributed by atoms with Crippen molar-refractivity contribution in [1.82, 2.24) is 19.7 Å². The minimum atomic E-state index is -0.931. The Labute approximate surface area is 227 Å². The number of amides is 1. The van der Waals surface area contributed by atoms with E-state index in [0.29, 0.717) is 17.9 Å². The van der Waals surface area contributed by atoms with E-state index in [-0.39, 0.29) is 17.4 Å². The van der Waals surface area contributed by atoms with Crippen molar-refractivity contribution >= 4 is 17.7 Å². The van der Waals surface area contributed by atoms with Crippen LogP contribution in [0.3, 0.4) is 0 Å². The lowest BCUT2D eigenvalue weighted by Gasteiger charge is -2.29. The molecule has 1 aromatic heterocycles. The molecule has 206 valence electrons. The van der Waals surface area contributed by atoms with E-state index in [1.54, 1.807) is 18.3 Å². The molecule has 1 N–H and O–H groups in total. The summed E-state index contributed by atoms with van der Waals surface area (Å²) >= 11 is 0. The lowest BCUT2D eigenvalue weighted by molar-refractivity contribution is -0.133. The third kappa shape index (κ3) is 6.53. The quantitative estimate of drug-likeness (QED) is 0.479. The van der Waals surface area contributed by atoms with Crippen LogP contribution in [-0.2, 0) is 17.9 Å². The van der Waals surface area contributed by atoms with Crippen LogP contribution in [0.2, 0.25) is 0 Å². The number of carbonyl (C=O) groups excluding carboxylic acids is 1. The molecule has 0 aliphatic carbocycles. The number of pyridine rings is 1. The molecule has 2 aliphatic rings. The Morgan fingerprint density at radius 2 is 1.53 bits per heavy atom. The number of carboxylic acids is 1. The third-order valence-corrected chi connectivity index (χ3v) is 8.09. The van der Waals surface area contributed by atoms with Crippen molar-refractivity contribution in [3.05, 3.63) is 59.3 Å². The SMILES string of the molecule is CCN(Cc1ccc(CN(CC)[C@@H]2CCN(c3ncccc3C(=O)O)C2)cc1)[C@@H]1CCN(C(=O)C(C)C)C1. The highest BCUT2D eigenvalue weighted by molar-refractivity contribution is 5.93. The van der Waals surface area contributed by atoms with Crippen LogP contribution < -0.4 is 4.90 Å². The fourth-order valence-electron chi connectivity index (χ4n) is 5.87. The number of rotatable bonds is 11. The van der Waals surface area contributed by atoms with Gasteiger partial charge < -0.3 is 14.9 Å². The van der Waals surface area contributed by atoms with Gasteiger partial charge in [-0.3, -0.25) is 14.6 Å². The summed E-state index contributed by atoms with van der Waals surface area (Å²) in [5.41, 5.74) is 2.86. The van der Waals surface area contributed by atoms with Gasteiger partial charge >= 0.3 is 5.97 Å². The van der Waals surface area contributed by atoms with E-state index >= 15 is 0 Å². The van der Waals surface area contributed by atoms with Crippen molar-refractivity contribution in [3.8, 4) is 0 Å². The van der Waals surface area contributed by atoms with Crippen molar-refractivity contribution in [2.75, 3.05) is 44.2 Å². The van der Waals surface area contributed by atoms with E-state index < -0.39 is 5.97 Å². The molecule has 0 spiro atoms. The first-order valence-electron chi connectivity index (χ1n) is 14.1. The van der Waals surface area contributed by atoms with Crippen molar-refractivity contribution in [1.29, 1.82) is 0 Å². The van der Waals surface area contributed by atoms with Crippen LogP contribution in [0.4, 0.5) is 5.82 Å². The van der Waals surface area contributed by atoms with E-state index in [9.17, 15) is 14.7 Å². The summed E-state index contributed by atoms with van der Waals surface area (Å²) in [7, 11) is 0. The number of carbonyl (C=O) groups is 2. The van der Waals surface area contributed by atoms with Gasteiger partial charge in [-0.25, -0.2) is 9.78 Å². The van der Waals surface area contributed by atoms with Crippen LogP contribution in [0.15, 0.2) is 42.6 Å². The Balaban J connectivity index is 1.33. The number of carboxylic acid groups (broad SMARTS) is 1. The van der Waals surface area contributed by atoms with Gasteiger partial charge in [-0.05, 0) is 49.2 Å². The van der Waals surface area contributed by atoms with Crippen LogP contribution in [-0.4, -0.2) is 88.0 Å². The van der Waals surface area contributed by atoms with E-state index in [0.717, 1.165) is 65.2 Å². The van der Waals surface area contributed by atoms with Crippen molar-refractivity contribution in [3.63, 3.8) is 0 Å². The number of hydrogen-bond donors (Lipinski definition) is 1. The summed E-state index contributed by atoms with van der Waals surface area (Å²) < 4.78 is 0. The van der Waals surface area contributed by atoms with Crippen molar-refractivity contribution in [2.45, 2.75) is 65.7 Å². The van der Waals surface area contributed by atoms with Crippen LogP contribution in [0.25, 0.3) is 0 Å².